The van der Waals surface area contributed by atoms with E-state index >= 15 is 0 Å². The lowest BCUT2D eigenvalue weighted by Gasteiger charge is -2.53. The molecule has 1 fully saturated rings. The molecule has 1 saturated heterocycles. The standard InChI is InChI=1S/C34H39NO13/c1-7-45-30(42)20(31(43)46-8-2)15-12-33(3,44)11-13-9-14-19(25(38)18(13)15)26(39)21-17(36)10-16-28(22(21)24(14)37)47-32-27(40)23(35(5)6)29(41)34(16,4)48-32/h9-10,15,20,23,27,29,32,36,38,40-41,44H,7-8,11-12H2,1-6H3. The number of nitrogens with zero attached hydrogens (tertiary/aromatic N) is 1. The first-order chi connectivity index (χ1) is 22.5. The van der Waals surface area contributed by atoms with E-state index in [9.17, 15) is 44.7 Å². The molecule has 7 unspecified atom stereocenters. The molecule has 14 heteroatoms. The summed E-state index contributed by atoms with van der Waals surface area (Å²) in [5, 5.41) is 56.8. The molecule has 2 aliphatic carbocycles. The van der Waals surface area contributed by atoms with Crippen LogP contribution >= 0.6 is 0 Å². The molecule has 5 N–H and O–H groups in total. The van der Waals surface area contributed by atoms with Crippen molar-refractivity contribution in [3.05, 3.63) is 51.1 Å². The van der Waals surface area contributed by atoms with Crippen molar-refractivity contribution in [2.45, 2.75) is 82.2 Å². The van der Waals surface area contributed by atoms with E-state index in [1.165, 1.54) is 19.9 Å². The van der Waals surface area contributed by atoms with Gasteiger partial charge in [0.25, 0.3) is 0 Å². The van der Waals surface area contributed by atoms with Crippen molar-refractivity contribution in [2.75, 3.05) is 27.3 Å². The van der Waals surface area contributed by atoms with Gasteiger partial charge in [0.05, 0.1) is 41.5 Å². The molecule has 0 aromatic heterocycles. The Bertz CT molecular complexity index is 1730. The molecule has 4 aliphatic rings. The number of likely N-dealkylation sites (N-methyl/N-ethyl adjacent to an activating group) is 1. The number of carbonyl (C=O) groups is 4. The highest BCUT2D eigenvalue weighted by Gasteiger charge is 2.59. The van der Waals surface area contributed by atoms with Gasteiger partial charge in [0, 0.05) is 29.0 Å². The number of ketones is 2. The number of aliphatic hydroxyl groups excluding tert-OH is 2. The fourth-order valence-corrected chi connectivity index (χ4v) is 7.86. The molecule has 2 aliphatic heterocycles. The SMILES string of the molecule is CCOC(=O)C(C(=O)OCC)C1CC(C)(O)Cc2cc3c(c(O)c21)C(=O)c1c(O)cc2c(c1C3=O)OC1OC2(C)C(O)C(N(C)C)C1O. The molecule has 0 radical (unpaired) electrons. The molecule has 14 nitrogen and oxygen atoms in total. The second kappa shape index (κ2) is 11.5. The Morgan fingerprint density at radius 1 is 1.00 bits per heavy atom. The Balaban J connectivity index is 1.55. The van der Waals surface area contributed by atoms with Gasteiger partial charge in [-0.25, -0.2) is 0 Å². The molecule has 48 heavy (non-hydrogen) atoms. The van der Waals surface area contributed by atoms with E-state index in [0.717, 1.165) is 6.07 Å². The first kappa shape index (κ1) is 33.8. The summed E-state index contributed by atoms with van der Waals surface area (Å²) in [4.78, 5) is 56.5. The zero-order chi connectivity index (χ0) is 35.2. The fraction of sp³-hybridized carbons (Fsp3) is 0.529. The van der Waals surface area contributed by atoms with Crippen molar-refractivity contribution in [1.82, 2.24) is 4.90 Å². The quantitative estimate of drug-likeness (QED) is 0.183. The third-order valence-electron chi connectivity index (χ3n) is 9.94. The van der Waals surface area contributed by atoms with Gasteiger partial charge >= 0.3 is 11.9 Å². The van der Waals surface area contributed by atoms with Crippen molar-refractivity contribution < 1.29 is 63.7 Å². The van der Waals surface area contributed by atoms with Crippen LogP contribution in [0.5, 0.6) is 17.2 Å². The van der Waals surface area contributed by atoms with Gasteiger partial charge < -0.3 is 49.4 Å². The molecular weight excluding hydrogens is 630 g/mol. The first-order valence-corrected chi connectivity index (χ1v) is 15.8. The maximum atomic E-state index is 14.4. The van der Waals surface area contributed by atoms with Gasteiger partial charge in [0.2, 0.25) is 12.1 Å². The van der Waals surface area contributed by atoms with Gasteiger partial charge in [-0.3, -0.25) is 19.2 Å². The van der Waals surface area contributed by atoms with Crippen LogP contribution in [0.15, 0.2) is 12.1 Å². The summed E-state index contributed by atoms with van der Waals surface area (Å²) < 4.78 is 22.3. The molecule has 258 valence electrons. The number of phenolic OH excluding ortho intramolecular Hbond substituents is 2. The summed E-state index contributed by atoms with van der Waals surface area (Å²) in [6, 6.07) is 1.63. The predicted octanol–water partition coefficient (Wildman–Crippen LogP) is 1.01. The second-order valence-electron chi connectivity index (χ2n) is 13.5. The third kappa shape index (κ3) is 4.80. The first-order valence-electron chi connectivity index (χ1n) is 15.8. The van der Waals surface area contributed by atoms with Gasteiger partial charge in [-0.2, -0.15) is 0 Å². The number of rotatable bonds is 6. The largest absolute Gasteiger partial charge is 0.507 e. The van der Waals surface area contributed by atoms with Crippen molar-refractivity contribution in [1.29, 1.82) is 0 Å². The summed E-state index contributed by atoms with van der Waals surface area (Å²) >= 11 is 0. The number of aromatic hydroxyl groups is 2. The van der Waals surface area contributed by atoms with E-state index in [1.807, 2.05) is 0 Å². The van der Waals surface area contributed by atoms with Crippen LogP contribution in [-0.4, -0.2) is 111 Å². The Hall–Kier alpha value is -4.08. The summed E-state index contributed by atoms with van der Waals surface area (Å²) in [5.41, 5.74) is -4.39. The van der Waals surface area contributed by atoms with E-state index < -0.39 is 93.7 Å². The molecule has 0 amide bonds. The molecule has 2 aromatic carbocycles. The van der Waals surface area contributed by atoms with Crippen LogP contribution in [0.2, 0.25) is 0 Å². The highest BCUT2D eigenvalue weighted by molar-refractivity contribution is 6.31. The summed E-state index contributed by atoms with van der Waals surface area (Å²) in [7, 11) is 3.31. The number of hydrogen-bond acceptors (Lipinski definition) is 14. The van der Waals surface area contributed by atoms with Crippen LogP contribution < -0.4 is 4.74 Å². The number of benzene rings is 2. The van der Waals surface area contributed by atoms with Crippen LogP contribution in [0.25, 0.3) is 0 Å². The normalized spacial score (nSPS) is 30.2. The second-order valence-corrected chi connectivity index (χ2v) is 13.5. The van der Waals surface area contributed by atoms with Gasteiger partial charge in [-0.05, 0) is 65.9 Å². The zero-order valence-corrected chi connectivity index (χ0v) is 27.4. The van der Waals surface area contributed by atoms with Crippen LogP contribution in [-0.2, 0) is 35.8 Å². The number of carbonyl (C=O) groups excluding carboxylic acids is 4. The number of ether oxygens (including phenoxy) is 4. The van der Waals surface area contributed by atoms with Crippen LogP contribution in [0.4, 0.5) is 0 Å². The van der Waals surface area contributed by atoms with E-state index in [1.54, 1.807) is 32.8 Å². The predicted molar refractivity (Wildman–Crippen MR) is 164 cm³/mol. The monoisotopic (exact) mass is 669 g/mol. The van der Waals surface area contributed by atoms with Gasteiger partial charge in [-0.1, -0.05) is 0 Å². The molecule has 2 heterocycles. The molecule has 0 spiro atoms. The highest BCUT2D eigenvalue weighted by atomic mass is 16.7. The average Bonchev–Trinajstić information content (AvgIpc) is 2.98. The minimum absolute atomic E-state index is 0.00101. The van der Waals surface area contributed by atoms with E-state index in [4.69, 9.17) is 18.9 Å². The fourth-order valence-electron chi connectivity index (χ4n) is 7.86. The molecule has 2 aromatic rings. The zero-order valence-electron chi connectivity index (χ0n) is 27.4. The molecule has 7 atom stereocenters. The number of fused-ring (bicyclic) bond motifs is 8. The lowest BCUT2D eigenvalue weighted by atomic mass is 9.67. The number of phenols is 2. The van der Waals surface area contributed by atoms with Crippen LogP contribution in [0, 0.1) is 5.92 Å². The summed E-state index contributed by atoms with van der Waals surface area (Å²) in [6.45, 7) is 5.98. The minimum atomic E-state index is -1.61. The van der Waals surface area contributed by atoms with Crippen LogP contribution in [0.3, 0.4) is 0 Å². The van der Waals surface area contributed by atoms with Crippen molar-refractivity contribution in [2.24, 2.45) is 5.92 Å². The smallest absolute Gasteiger partial charge is 0.320 e. The Morgan fingerprint density at radius 2 is 1.62 bits per heavy atom. The summed E-state index contributed by atoms with van der Waals surface area (Å²) in [6.07, 6.45) is -4.39. The maximum absolute atomic E-state index is 14.4. The topological polar surface area (TPSA) is 210 Å². The molecular formula is C34H39NO13. The van der Waals surface area contributed by atoms with Crippen molar-refractivity contribution in [3.8, 4) is 17.2 Å². The van der Waals surface area contributed by atoms with Gasteiger partial charge in [0.1, 0.15) is 35.1 Å². The Kier molecular flexibility index (Phi) is 8.11. The van der Waals surface area contributed by atoms with Gasteiger partial charge in [0.15, 0.2) is 11.7 Å². The Morgan fingerprint density at radius 3 is 2.21 bits per heavy atom. The minimum Gasteiger partial charge on any atom is -0.507 e. The highest BCUT2D eigenvalue weighted by Crippen LogP contribution is 2.55. The van der Waals surface area contributed by atoms with Crippen molar-refractivity contribution in [3.63, 3.8) is 0 Å². The molecule has 2 bridgehead atoms. The number of esters is 2. The molecule has 0 saturated carbocycles. The Labute approximate surface area is 275 Å². The maximum Gasteiger partial charge on any atom is 0.320 e. The van der Waals surface area contributed by atoms with Gasteiger partial charge in [-0.15, -0.1) is 0 Å². The average molecular weight is 670 g/mol. The molecule has 6 rings (SSSR count). The van der Waals surface area contributed by atoms with E-state index in [-0.39, 0.29) is 59.6 Å². The number of hydrogen-bond donors (Lipinski definition) is 5. The number of aliphatic hydroxyl groups is 3. The van der Waals surface area contributed by atoms with Crippen molar-refractivity contribution >= 4 is 23.5 Å². The van der Waals surface area contributed by atoms with E-state index in [2.05, 4.69) is 0 Å². The lowest BCUT2D eigenvalue weighted by molar-refractivity contribution is -0.311. The summed E-state index contributed by atoms with van der Waals surface area (Å²) in [5.74, 6) is -7.99. The third-order valence-corrected chi connectivity index (χ3v) is 9.94. The lowest BCUT2D eigenvalue weighted by Crippen LogP contribution is -2.68. The van der Waals surface area contributed by atoms with E-state index in [0.29, 0.717) is 0 Å². The van der Waals surface area contributed by atoms with Crippen LogP contribution in [0.1, 0.15) is 88.6 Å².